The summed E-state index contributed by atoms with van der Waals surface area (Å²) >= 11 is 6.16. The molecule has 36 heavy (non-hydrogen) atoms. The third-order valence-corrected chi connectivity index (χ3v) is 5.90. The number of halogens is 5. The minimum atomic E-state index is -4.60. The van der Waals surface area contributed by atoms with Crippen LogP contribution in [0.1, 0.15) is 68.7 Å². The van der Waals surface area contributed by atoms with E-state index < -0.39 is 17.6 Å². The monoisotopic (exact) mass is 525 g/mol. The van der Waals surface area contributed by atoms with Crippen LogP contribution in [0.15, 0.2) is 54.8 Å². The van der Waals surface area contributed by atoms with Gasteiger partial charge in [0.05, 0.1) is 11.5 Å². The predicted octanol–water partition coefficient (Wildman–Crippen LogP) is 9.09. The van der Waals surface area contributed by atoms with Crippen LogP contribution in [0, 0.1) is 25.6 Å². The molecule has 0 saturated carbocycles. The molecule has 2 nitrogen and oxygen atoms in total. The second-order valence-corrected chi connectivity index (χ2v) is 9.17. The molecular formula is C29H36ClF4NO. The molecule has 0 fully saturated rings. The molecule has 0 saturated heterocycles. The molecule has 0 aliphatic heterocycles. The van der Waals surface area contributed by atoms with Crippen LogP contribution >= 0.6 is 11.6 Å². The fourth-order valence-corrected chi connectivity index (χ4v) is 3.95. The lowest BCUT2D eigenvalue weighted by Crippen LogP contribution is -2.25. The van der Waals surface area contributed by atoms with Crippen LogP contribution in [-0.2, 0) is 11.0 Å². The maximum atomic E-state index is 12.6. The highest BCUT2D eigenvalue weighted by molar-refractivity contribution is 6.30. The van der Waals surface area contributed by atoms with Gasteiger partial charge >= 0.3 is 6.18 Å². The van der Waals surface area contributed by atoms with E-state index in [-0.39, 0.29) is 11.7 Å². The molecule has 1 atom stereocenters. The number of carbonyl (C=O) groups excluding carboxylic acids is 1. The minimum absolute atomic E-state index is 0.0819. The summed E-state index contributed by atoms with van der Waals surface area (Å²) in [4.78, 5) is 11.8. The number of alkyl halides is 3. The van der Waals surface area contributed by atoms with Crippen molar-refractivity contribution in [2.75, 3.05) is 6.54 Å². The molecule has 198 valence electrons. The first-order chi connectivity index (χ1) is 16.8. The minimum Gasteiger partial charge on any atom is -0.388 e. The van der Waals surface area contributed by atoms with Gasteiger partial charge in [-0.3, -0.25) is 4.79 Å². The Morgan fingerprint density at radius 2 is 1.81 bits per heavy atom. The highest BCUT2D eigenvalue weighted by Gasteiger charge is 2.33. The van der Waals surface area contributed by atoms with E-state index in [4.69, 9.17) is 11.6 Å². The first-order valence-electron chi connectivity index (χ1n) is 12.0. The Bertz CT molecular complexity index is 1060. The van der Waals surface area contributed by atoms with Gasteiger partial charge in [-0.1, -0.05) is 56.7 Å². The van der Waals surface area contributed by atoms with Crippen LogP contribution in [0.25, 0.3) is 5.57 Å². The molecule has 0 aromatic heterocycles. The topological polar surface area (TPSA) is 29.1 Å². The smallest absolute Gasteiger partial charge is 0.388 e. The van der Waals surface area contributed by atoms with Gasteiger partial charge in [-0.2, -0.15) is 13.2 Å². The van der Waals surface area contributed by atoms with Crippen LogP contribution in [0.4, 0.5) is 17.6 Å². The number of hydrogen-bond donors (Lipinski definition) is 1. The summed E-state index contributed by atoms with van der Waals surface area (Å²) in [5, 5.41) is 4.11. The quantitative estimate of drug-likeness (QED) is 0.313. The fraction of sp³-hybridized carbons (Fsp3) is 0.414. The Balaban J connectivity index is 0.000000450. The molecule has 0 bridgehead atoms. The van der Waals surface area contributed by atoms with Crippen molar-refractivity contribution in [3.63, 3.8) is 0 Å². The van der Waals surface area contributed by atoms with E-state index in [0.29, 0.717) is 5.56 Å². The molecule has 0 amide bonds. The van der Waals surface area contributed by atoms with Crippen molar-refractivity contribution in [3.8, 4) is 0 Å². The highest BCUT2D eigenvalue weighted by atomic mass is 35.5. The summed E-state index contributed by atoms with van der Waals surface area (Å²) in [6, 6.07) is 8.84. The molecule has 2 rings (SSSR count). The predicted molar refractivity (Wildman–Crippen MR) is 141 cm³/mol. The van der Waals surface area contributed by atoms with Crippen molar-refractivity contribution < 1.29 is 22.4 Å². The van der Waals surface area contributed by atoms with Gasteiger partial charge < -0.3 is 5.32 Å². The highest BCUT2D eigenvalue weighted by Crippen LogP contribution is 2.31. The van der Waals surface area contributed by atoms with E-state index in [1.165, 1.54) is 29.7 Å². The maximum absolute atomic E-state index is 12.6. The number of nitrogens with one attached hydrogen (secondary N) is 1. The lowest BCUT2D eigenvalue weighted by molar-refractivity contribution is -0.140. The summed E-state index contributed by atoms with van der Waals surface area (Å²) in [5.41, 5.74) is 3.81. The van der Waals surface area contributed by atoms with Crippen molar-refractivity contribution in [3.05, 3.63) is 87.8 Å². The van der Waals surface area contributed by atoms with Gasteiger partial charge in [0.1, 0.15) is 11.6 Å². The molecule has 0 radical (unpaired) electrons. The molecular weight excluding hydrogens is 490 g/mol. The van der Waals surface area contributed by atoms with E-state index in [9.17, 15) is 22.4 Å². The first-order valence-corrected chi connectivity index (χ1v) is 12.4. The number of ketones is 1. The van der Waals surface area contributed by atoms with Gasteiger partial charge in [-0.15, -0.1) is 0 Å². The van der Waals surface area contributed by atoms with E-state index in [0.717, 1.165) is 55.1 Å². The van der Waals surface area contributed by atoms with Crippen LogP contribution < -0.4 is 5.32 Å². The first kappa shape index (κ1) is 31.4. The number of benzene rings is 2. The molecule has 2 aromatic carbocycles. The van der Waals surface area contributed by atoms with E-state index >= 15 is 0 Å². The maximum Gasteiger partial charge on any atom is 0.419 e. The van der Waals surface area contributed by atoms with E-state index in [2.05, 4.69) is 44.8 Å². The molecule has 0 aliphatic carbocycles. The third kappa shape index (κ3) is 10.2. The van der Waals surface area contributed by atoms with Crippen LogP contribution in [0.3, 0.4) is 0 Å². The molecule has 0 spiro atoms. The number of hydrogen-bond acceptors (Lipinski definition) is 2. The lowest BCUT2D eigenvalue weighted by Gasteiger charge is -2.19. The van der Waals surface area contributed by atoms with Crippen molar-refractivity contribution in [2.45, 2.75) is 66.5 Å². The Morgan fingerprint density at radius 1 is 1.14 bits per heavy atom. The number of carbonyl (C=O) groups is 1. The Labute approximate surface area is 217 Å². The Morgan fingerprint density at radius 3 is 2.33 bits per heavy atom. The largest absolute Gasteiger partial charge is 0.419 e. The number of aryl methyl sites for hydroxylation is 2. The number of allylic oxidation sites excluding steroid dienone is 2. The van der Waals surface area contributed by atoms with Crippen LogP contribution in [-0.4, -0.2) is 12.3 Å². The van der Waals surface area contributed by atoms with Gasteiger partial charge in [-0.25, -0.2) is 4.39 Å². The normalized spacial score (nSPS) is 12.4. The van der Waals surface area contributed by atoms with Crippen molar-refractivity contribution in [1.82, 2.24) is 5.32 Å². The Hall–Kier alpha value is -2.60. The van der Waals surface area contributed by atoms with Gasteiger partial charge in [0.25, 0.3) is 0 Å². The summed E-state index contributed by atoms with van der Waals surface area (Å²) < 4.78 is 48.4. The standard InChI is InChI=1S/C21H30ClNO.C8H6F4/c1-6-8-18(21-14-19(22)11-10-15(21)3)12-13-23-16(4)20(9-7-2)17(5)24;1-5-2-3-6(7(9)4-5)8(10,11)12/h8,10-11,14,20,23H,4,6-7,9,12-13H2,1-3,5H3;2-4H,1H3/b18-8-;. The molecule has 7 heteroatoms. The third-order valence-electron chi connectivity index (χ3n) is 5.66. The Kier molecular flexibility index (Phi) is 13.0. The van der Waals surface area contributed by atoms with Gasteiger partial charge in [0.2, 0.25) is 0 Å². The second kappa shape index (κ2) is 14.8. The zero-order chi connectivity index (χ0) is 27.5. The van der Waals surface area contributed by atoms with Crippen molar-refractivity contribution in [2.24, 2.45) is 5.92 Å². The number of Topliss-reactive ketones (excluding diaryl/α,β-unsaturated/α-hetero) is 1. The lowest BCUT2D eigenvalue weighted by atomic mass is 9.95. The van der Waals surface area contributed by atoms with Crippen molar-refractivity contribution in [1.29, 1.82) is 0 Å². The van der Waals surface area contributed by atoms with E-state index in [1.54, 1.807) is 6.92 Å². The van der Waals surface area contributed by atoms with Gasteiger partial charge in [0, 0.05) is 17.3 Å². The number of rotatable bonds is 10. The summed E-state index contributed by atoms with van der Waals surface area (Å²) in [7, 11) is 0. The average Bonchev–Trinajstić information content (AvgIpc) is 2.77. The SMILES string of the molecule is C=C(NCC/C(=C/CC)c1cc(Cl)ccc1C)C(CCC)C(C)=O.Cc1ccc(C(F)(F)F)c(F)c1. The molecule has 0 heterocycles. The van der Waals surface area contributed by atoms with Crippen LogP contribution in [0.2, 0.25) is 5.02 Å². The zero-order valence-electron chi connectivity index (χ0n) is 21.7. The molecule has 2 aromatic rings. The zero-order valence-corrected chi connectivity index (χ0v) is 22.4. The average molecular weight is 526 g/mol. The molecule has 1 N–H and O–H groups in total. The van der Waals surface area contributed by atoms with E-state index in [1.807, 2.05) is 12.1 Å². The second-order valence-electron chi connectivity index (χ2n) is 8.73. The summed E-state index contributed by atoms with van der Waals surface area (Å²) in [6.07, 6.45) is 1.34. The van der Waals surface area contributed by atoms with Gasteiger partial charge in [-0.05, 0) is 86.6 Å². The molecule has 0 aliphatic rings. The molecule has 1 unspecified atom stereocenters. The summed E-state index contributed by atoms with van der Waals surface area (Å²) in [5.74, 6) is -1.12. The van der Waals surface area contributed by atoms with Crippen LogP contribution in [0.5, 0.6) is 0 Å². The summed E-state index contributed by atoms with van der Waals surface area (Å²) in [6.45, 7) is 14.3. The fourth-order valence-electron chi connectivity index (χ4n) is 3.78. The van der Waals surface area contributed by atoms with Gasteiger partial charge in [0.15, 0.2) is 0 Å². The van der Waals surface area contributed by atoms with Crippen molar-refractivity contribution >= 4 is 23.0 Å².